The van der Waals surface area contributed by atoms with E-state index in [0.717, 1.165) is 5.56 Å². The molecule has 1 heterocycles. The first-order valence-electron chi connectivity index (χ1n) is 6.49. The highest BCUT2D eigenvalue weighted by Crippen LogP contribution is 2.24. The summed E-state index contributed by atoms with van der Waals surface area (Å²) in [6, 6.07) is 5.46. The van der Waals surface area contributed by atoms with Crippen LogP contribution in [-0.4, -0.2) is 21.0 Å². The highest BCUT2D eigenvalue weighted by atomic mass is 16.4. The van der Waals surface area contributed by atoms with Crippen LogP contribution in [0.5, 0.6) is 0 Å². The number of rotatable bonds is 4. The van der Waals surface area contributed by atoms with Gasteiger partial charge >= 0.3 is 5.97 Å². The van der Waals surface area contributed by atoms with Crippen LogP contribution in [0.4, 0.5) is 0 Å². The molecule has 0 aliphatic heterocycles. The fraction of sp³-hybridized carbons (Fsp3) is 0.400. The molecule has 1 aromatic heterocycles. The number of para-hydroxylation sites is 1. The van der Waals surface area contributed by atoms with Crippen molar-refractivity contribution >= 4 is 16.9 Å². The van der Waals surface area contributed by atoms with Crippen LogP contribution in [0.3, 0.4) is 0 Å². The van der Waals surface area contributed by atoms with Crippen LogP contribution in [0.2, 0.25) is 0 Å². The molecule has 0 bridgehead atoms. The summed E-state index contributed by atoms with van der Waals surface area (Å²) in [6.45, 7) is 5.60. The lowest BCUT2D eigenvalue weighted by Crippen LogP contribution is -2.23. The first-order valence-corrected chi connectivity index (χ1v) is 6.49. The van der Waals surface area contributed by atoms with Crippen molar-refractivity contribution in [3.63, 3.8) is 0 Å². The maximum Gasteiger partial charge on any atom is 0.303 e. The summed E-state index contributed by atoms with van der Waals surface area (Å²) in [5.41, 5.74) is 0.973. The number of hydrogen-bond acceptors (Lipinski definition) is 3. The predicted molar refractivity (Wildman–Crippen MR) is 76.8 cm³/mol. The fourth-order valence-electron chi connectivity index (χ4n) is 2.36. The number of benzene rings is 1. The maximum atomic E-state index is 12.0. The second kappa shape index (κ2) is 5.07. The number of carbonyl (C=O) groups is 1. The number of nitrogens with one attached hydrogen (secondary N) is 1. The van der Waals surface area contributed by atoms with Gasteiger partial charge in [0.15, 0.2) is 0 Å². The van der Waals surface area contributed by atoms with Gasteiger partial charge in [0, 0.05) is 6.42 Å². The molecule has 2 N–H and O–H groups in total. The Hall–Kier alpha value is -2.17. The first kappa shape index (κ1) is 14.2. The molecule has 0 atom stereocenters. The number of hydrogen-bond donors (Lipinski definition) is 2. The van der Waals surface area contributed by atoms with Crippen LogP contribution in [-0.2, 0) is 11.2 Å². The molecular weight excluding hydrogens is 256 g/mol. The smallest absolute Gasteiger partial charge is 0.303 e. The summed E-state index contributed by atoms with van der Waals surface area (Å²) in [5.74, 6) is -0.322. The molecule has 2 rings (SSSR count). The Balaban J connectivity index is 2.44. The molecule has 0 radical (unpaired) electrons. The zero-order valence-corrected chi connectivity index (χ0v) is 11.9. The van der Waals surface area contributed by atoms with Crippen LogP contribution in [0, 0.1) is 12.3 Å². The van der Waals surface area contributed by atoms with E-state index in [-0.39, 0.29) is 12.0 Å². The van der Waals surface area contributed by atoms with Crippen molar-refractivity contribution in [3.05, 3.63) is 39.9 Å². The van der Waals surface area contributed by atoms with Gasteiger partial charge in [0.05, 0.1) is 17.3 Å². The van der Waals surface area contributed by atoms with E-state index in [9.17, 15) is 9.59 Å². The van der Waals surface area contributed by atoms with Gasteiger partial charge < -0.3 is 10.1 Å². The number of aromatic nitrogens is 2. The van der Waals surface area contributed by atoms with Crippen molar-refractivity contribution in [2.24, 2.45) is 5.41 Å². The summed E-state index contributed by atoms with van der Waals surface area (Å²) in [7, 11) is 0. The first-order chi connectivity index (χ1) is 9.28. The SMILES string of the molecule is Cc1cccc2c(=O)[nH]c(CC(C)(C)CC(=O)O)nc12. The van der Waals surface area contributed by atoms with Crippen molar-refractivity contribution < 1.29 is 9.90 Å². The molecule has 0 unspecified atom stereocenters. The highest BCUT2D eigenvalue weighted by Gasteiger charge is 2.23. The summed E-state index contributed by atoms with van der Waals surface area (Å²) in [5, 5.41) is 9.47. The third-order valence-corrected chi connectivity index (χ3v) is 3.26. The Morgan fingerprint density at radius 1 is 1.40 bits per heavy atom. The van der Waals surface area contributed by atoms with E-state index in [1.165, 1.54) is 0 Å². The van der Waals surface area contributed by atoms with Crippen molar-refractivity contribution in [2.45, 2.75) is 33.6 Å². The maximum absolute atomic E-state index is 12.0. The number of fused-ring (bicyclic) bond motifs is 1. The molecule has 0 amide bonds. The van der Waals surface area contributed by atoms with Gasteiger partial charge in [-0.15, -0.1) is 0 Å². The van der Waals surface area contributed by atoms with E-state index in [2.05, 4.69) is 9.97 Å². The van der Waals surface area contributed by atoms with Crippen molar-refractivity contribution in [3.8, 4) is 0 Å². The van der Waals surface area contributed by atoms with Gasteiger partial charge in [0.25, 0.3) is 5.56 Å². The van der Waals surface area contributed by atoms with Crippen LogP contribution < -0.4 is 5.56 Å². The van der Waals surface area contributed by atoms with Crippen LogP contribution in [0.1, 0.15) is 31.7 Å². The molecule has 2 aromatic rings. The number of H-pyrrole nitrogens is 1. The minimum atomic E-state index is -0.852. The van der Waals surface area contributed by atoms with Crippen LogP contribution in [0.25, 0.3) is 10.9 Å². The zero-order valence-electron chi connectivity index (χ0n) is 11.9. The van der Waals surface area contributed by atoms with Gasteiger partial charge in [0.1, 0.15) is 5.82 Å². The highest BCUT2D eigenvalue weighted by molar-refractivity contribution is 5.80. The van der Waals surface area contributed by atoms with E-state index >= 15 is 0 Å². The van der Waals surface area contributed by atoms with E-state index in [1.807, 2.05) is 32.9 Å². The van der Waals surface area contributed by atoms with Crippen molar-refractivity contribution in [1.82, 2.24) is 9.97 Å². The largest absolute Gasteiger partial charge is 0.481 e. The number of nitrogens with zero attached hydrogens (tertiary/aromatic N) is 1. The molecule has 0 aliphatic rings. The van der Waals surface area contributed by atoms with E-state index in [1.54, 1.807) is 6.07 Å². The lowest BCUT2D eigenvalue weighted by Gasteiger charge is -2.21. The molecule has 0 saturated carbocycles. The molecular formula is C15H18N2O3. The monoisotopic (exact) mass is 274 g/mol. The molecule has 0 spiro atoms. The molecule has 1 aromatic carbocycles. The molecule has 0 fully saturated rings. The normalized spacial score (nSPS) is 11.8. The number of aromatic amines is 1. The molecule has 5 heteroatoms. The molecule has 0 aliphatic carbocycles. The summed E-state index contributed by atoms with van der Waals surface area (Å²) in [4.78, 5) is 30.1. The van der Waals surface area contributed by atoms with Gasteiger partial charge in [-0.2, -0.15) is 0 Å². The summed E-state index contributed by atoms with van der Waals surface area (Å²) < 4.78 is 0. The average Bonchev–Trinajstić information content (AvgIpc) is 2.28. The Morgan fingerprint density at radius 2 is 2.10 bits per heavy atom. The van der Waals surface area contributed by atoms with Gasteiger partial charge in [-0.3, -0.25) is 9.59 Å². The van der Waals surface area contributed by atoms with E-state index in [0.29, 0.717) is 23.1 Å². The lowest BCUT2D eigenvalue weighted by molar-refractivity contribution is -0.139. The van der Waals surface area contributed by atoms with Crippen LogP contribution >= 0.6 is 0 Å². The fourth-order valence-corrected chi connectivity index (χ4v) is 2.36. The lowest BCUT2D eigenvalue weighted by atomic mass is 9.85. The Morgan fingerprint density at radius 3 is 2.75 bits per heavy atom. The summed E-state index contributed by atoms with van der Waals surface area (Å²) in [6.07, 6.45) is 0.446. The molecule has 106 valence electrons. The van der Waals surface area contributed by atoms with Gasteiger partial charge in [-0.05, 0) is 24.0 Å². The third kappa shape index (κ3) is 3.04. The predicted octanol–water partition coefficient (Wildman–Crippen LogP) is 2.27. The topological polar surface area (TPSA) is 83.0 Å². The number of carboxylic acid groups (broad SMARTS) is 1. The second-order valence-corrected chi connectivity index (χ2v) is 5.90. The minimum absolute atomic E-state index is 0.0303. The quantitative estimate of drug-likeness (QED) is 0.896. The van der Waals surface area contributed by atoms with Crippen molar-refractivity contribution in [1.29, 1.82) is 0 Å². The Labute approximate surface area is 116 Å². The van der Waals surface area contributed by atoms with Crippen molar-refractivity contribution in [2.75, 3.05) is 0 Å². The second-order valence-electron chi connectivity index (χ2n) is 5.90. The van der Waals surface area contributed by atoms with Gasteiger partial charge in [-0.1, -0.05) is 26.0 Å². The molecule has 5 nitrogen and oxygen atoms in total. The van der Waals surface area contributed by atoms with E-state index < -0.39 is 11.4 Å². The average molecular weight is 274 g/mol. The number of aliphatic carboxylic acids is 1. The van der Waals surface area contributed by atoms with Gasteiger partial charge in [-0.25, -0.2) is 4.98 Å². The van der Waals surface area contributed by atoms with Gasteiger partial charge in [0.2, 0.25) is 0 Å². The number of carboxylic acids is 1. The Kier molecular flexibility index (Phi) is 3.61. The standard InChI is InChI=1S/C15H18N2O3/c1-9-5-4-6-10-13(9)16-11(17-14(10)20)7-15(2,3)8-12(18)19/h4-6H,7-8H2,1-3H3,(H,18,19)(H,16,17,20). The third-order valence-electron chi connectivity index (χ3n) is 3.26. The Bertz CT molecular complexity index is 717. The van der Waals surface area contributed by atoms with Crippen LogP contribution in [0.15, 0.2) is 23.0 Å². The molecule has 20 heavy (non-hydrogen) atoms. The van der Waals surface area contributed by atoms with E-state index in [4.69, 9.17) is 5.11 Å². The molecule has 0 saturated heterocycles. The summed E-state index contributed by atoms with van der Waals surface area (Å²) >= 11 is 0. The zero-order chi connectivity index (χ0) is 14.9. The minimum Gasteiger partial charge on any atom is -0.481 e. The number of aryl methyl sites for hydroxylation is 1.